The van der Waals surface area contributed by atoms with Gasteiger partial charge in [0.25, 0.3) is 0 Å². The Balaban J connectivity index is 2.50. The molecule has 0 spiro atoms. The number of methoxy groups -OCH3 is 1. The van der Waals surface area contributed by atoms with Crippen LogP contribution in [0.3, 0.4) is 0 Å². The molecule has 0 aromatic rings. The minimum Gasteiger partial charge on any atom is -0.466 e. The fourth-order valence-corrected chi connectivity index (χ4v) is 4.72. The Morgan fingerprint density at radius 3 is 2.72 bits per heavy atom. The molecule has 0 heterocycles. The first-order valence-corrected chi connectivity index (χ1v) is 12.5. The van der Waals surface area contributed by atoms with Gasteiger partial charge in [0, 0.05) is 12.0 Å². The van der Waals surface area contributed by atoms with E-state index >= 15 is 0 Å². The first-order chi connectivity index (χ1) is 11.7. The van der Waals surface area contributed by atoms with E-state index in [0.29, 0.717) is 12.3 Å². The van der Waals surface area contributed by atoms with E-state index in [4.69, 9.17) is 4.74 Å². The first kappa shape index (κ1) is 19.5. The van der Waals surface area contributed by atoms with Crippen LogP contribution in [0.4, 0.5) is 0 Å². The van der Waals surface area contributed by atoms with Crippen LogP contribution in [0, 0.1) is 5.92 Å². The molecule has 1 unspecified atom stereocenters. The molecule has 0 saturated carbocycles. The van der Waals surface area contributed by atoms with Crippen molar-refractivity contribution < 1.29 is 9.53 Å². The summed E-state index contributed by atoms with van der Waals surface area (Å²) in [5, 5.41) is 0. The maximum atomic E-state index is 12.1. The SMILES string of the molecule is C=CCC1C=CCC(C2=CC(C)=C(C(=O)OC)C/C2=C\[Si](C)(C)C)=C1. The van der Waals surface area contributed by atoms with Gasteiger partial charge in [-0.1, -0.05) is 55.7 Å². The largest absolute Gasteiger partial charge is 0.466 e. The van der Waals surface area contributed by atoms with Crippen molar-refractivity contribution in [1.82, 2.24) is 0 Å². The number of carbonyl (C=O) groups excluding carboxylic acids is 1. The lowest BCUT2D eigenvalue weighted by Crippen LogP contribution is -2.20. The van der Waals surface area contributed by atoms with Crippen LogP contribution in [0.25, 0.3) is 0 Å². The summed E-state index contributed by atoms with van der Waals surface area (Å²) in [6.45, 7) is 12.9. The normalized spacial score (nSPS) is 22.6. The van der Waals surface area contributed by atoms with E-state index in [1.165, 1.54) is 23.8 Å². The highest BCUT2D eigenvalue weighted by Gasteiger charge is 2.25. The number of hydrogen-bond donors (Lipinski definition) is 0. The quantitative estimate of drug-likeness (QED) is 0.360. The fraction of sp³-hybridized carbons (Fsp3) is 0.409. The van der Waals surface area contributed by atoms with Crippen molar-refractivity contribution in [2.75, 3.05) is 7.11 Å². The topological polar surface area (TPSA) is 26.3 Å². The highest BCUT2D eigenvalue weighted by molar-refractivity contribution is 6.81. The molecule has 0 amide bonds. The summed E-state index contributed by atoms with van der Waals surface area (Å²) in [6.07, 6.45) is 13.6. The lowest BCUT2D eigenvalue weighted by Gasteiger charge is -2.26. The molecule has 0 N–H and O–H groups in total. The van der Waals surface area contributed by atoms with Crippen LogP contribution in [-0.4, -0.2) is 21.2 Å². The van der Waals surface area contributed by atoms with Gasteiger partial charge in [-0.3, -0.25) is 0 Å². The Hall–Kier alpha value is -1.87. The smallest absolute Gasteiger partial charge is 0.334 e. The zero-order valence-electron chi connectivity index (χ0n) is 16.2. The Labute approximate surface area is 153 Å². The van der Waals surface area contributed by atoms with Crippen molar-refractivity contribution in [1.29, 1.82) is 0 Å². The fourth-order valence-electron chi connectivity index (χ4n) is 3.42. The summed E-state index contributed by atoms with van der Waals surface area (Å²) in [5.41, 5.74) is 8.17. The molecular weight excluding hydrogens is 324 g/mol. The van der Waals surface area contributed by atoms with E-state index in [9.17, 15) is 4.79 Å². The summed E-state index contributed by atoms with van der Waals surface area (Å²) in [5.74, 6) is 0.206. The van der Waals surface area contributed by atoms with E-state index < -0.39 is 8.07 Å². The predicted octanol–water partition coefficient (Wildman–Crippen LogP) is 5.69. The first-order valence-electron chi connectivity index (χ1n) is 8.95. The highest BCUT2D eigenvalue weighted by atomic mass is 28.3. The summed E-state index contributed by atoms with van der Waals surface area (Å²) < 4.78 is 4.99. The molecule has 25 heavy (non-hydrogen) atoms. The average molecular weight is 355 g/mol. The van der Waals surface area contributed by atoms with E-state index in [2.05, 4.69) is 56.2 Å². The highest BCUT2D eigenvalue weighted by Crippen LogP contribution is 2.37. The molecule has 0 radical (unpaired) electrons. The minimum absolute atomic E-state index is 0.212. The van der Waals surface area contributed by atoms with Gasteiger partial charge in [0.1, 0.15) is 0 Å². The molecule has 2 nitrogen and oxygen atoms in total. The van der Waals surface area contributed by atoms with Crippen LogP contribution in [0.1, 0.15) is 26.2 Å². The van der Waals surface area contributed by atoms with Crippen LogP contribution < -0.4 is 0 Å². The van der Waals surface area contributed by atoms with Crippen LogP contribution in [-0.2, 0) is 9.53 Å². The second-order valence-corrected chi connectivity index (χ2v) is 13.0. The molecule has 0 aromatic heterocycles. The zero-order chi connectivity index (χ0) is 18.6. The van der Waals surface area contributed by atoms with E-state index in [0.717, 1.165) is 24.0 Å². The molecule has 134 valence electrons. The Bertz CT molecular complexity index is 709. The number of ether oxygens (including phenoxy) is 1. The van der Waals surface area contributed by atoms with Crippen molar-refractivity contribution in [3.05, 3.63) is 70.5 Å². The number of esters is 1. The van der Waals surface area contributed by atoms with Crippen molar-refractivity contribution in [2.45, 2.75) is 45.8 Å². The molecule has 1 atom stereocenters. The van der Waals surface area contributed by atoms with Crippen molar-refractivity contribution in [3.8, 4) is 0 Å². The molecule has 2 aliphatic carbocycles. The van der Waals surface area contributed by atoms with Gasteiger partial charge in [-0.2, -0.15) is 0 Å². The second kappa shape index (κ2) is 8.00. The second-order valence-electron chi connectivity index (χ2n) is 7.94. The third-order valence-electron chi connectivity index (χ3n) is 4.51. The van der Waals surface area contributed by atoms with Crippen molar-refractivity contribution >= 4 is 14.0 Å². The van der Waals surface area contributed by atoms with Gasteiger partial charge >= 0.3 is 5.97 Å². The third kappa shape index (κ3) is 5.05. The number of hydrogen-bond acceptors (Lipinski definition) is 2. The average Bonchev–Trinajstić information content (AvgIpc) is 2.54. The monoisotopic (exact) mass is 354 g/mol. The molecule has 2 rings (SSSR count). The molecule has 0 aliphatic heterocycles. The van der Waals surface area contributed by atoms with E-state index in [1.54, 1.807) is 0 Å². The molecule has 0 aromatic carbocycles. The molecule has 0 fully saturated rings. The van der Waals surface area contributed by atoms with Gasteiger partial charge < -0.3 is 4.74 Å². The lowest BCUT2D eigenvalue weighted by molar-refractivity contribution is -0.136. The molecule has 2 aliphatic rings. The van der Waals surface area contributed by atoms with Gasteiger partial charge in [-0.25, -0.2) is 4.79 Å². The van der Waals surface area contributed by atoms with Gasteiger partial charge in [0.15, 0.2) is 0 Å². The zero-order valence-corrected chi connectivity index (χ0v) is 17.2. The van der Waals surface area contributed by atoms with E-state index in [1.807, 2.05) is 13.0 Å². The molecular formula is C22H30O2Si. The van der Waals surface area contributed by atoms with Crippen molar-refractivity contribution in [2.24, 2.45) is 5.92 Å². The van der Waals surface area contributed by atoms with Gasteiger partial charge in [0.2, 0.25) is 0 Å². The van der Waals surface area contributed by atoms with Crippen LogP contribution in [0.15, 0.2) is 70.5 Å². The number of carbonyl (C=O) groups is 1. The van der Waals surface area contributed by atoms with Crippen LogP contribution >= 0.6 is 0 Å². The van der Waals surface area contributed by atoms with Crippen LogP contribution in [0.5, 0.6) is 0 Å². The summed E-state index contributed by atoms with van der Waals surface area (Å²) in [7, 11) is 0.0387. The number of rotatable bonds is 5. The van der Waals surface area contributed by atoms with Crippen LogP contribution in [0.2, 0.25) is 19.6 Å². The Kier molecular flexibility index (Phi) is 6.23. The molecule has 0 bridgehead atoms. The minimum atomic E-state index is -1.42. The summed E-state index contributed by atoms with van der Waals surface area (Å²) in [4.78, 5) is 12.1. The van der Waals surface area contributed by atoms with Gasteiger partial charge in [0.05, 0.1) is 15.2 Å². The van der Waals surface area contributed by atoms with Crippen molar-refractivity contribution in [3.63, 3.8) is 0 Å². The lowest BCUT2D eigenvalue weighted by atomic mass is 9.81. The van der Waals surface area contributed by atoms with Gasteiger partial charge in [-0.15, -0.1) is 6.58 Å². The third-order valence-corrected chi connectivity index (χ3v) is 5.72. The van der Waals surface area contributed by atoms with E-state index in [-0.39, 0.29) is 5.97 Å². The Morgan fingerprint density at radius 2 is 2.12 bits per heavy atom. The summed E-state index contributed by atoms with van der Waals surface area (Å²) >= 11 is 0. The Morgan fingerprint density at radius 1 is 1.40 bits per heavy atom. The molecule has 3 heteroatoms. The maximum absolute atomic E-state index is 12.1. The van der Waals surface area contributed by atoms with Gasteiger partial charge in [-0.05, 0) is 48.0 Å². The maximum Gasteiger partial charge on any atom is 0.334 e. The molecule has 0 saturated heterocycles. The summed E-state index contributed by atoms with van der Waals surface area (Å²) in [6, 6.07) is 0. The predicted molar refractivity (Wildman–Crippen MR) is 109 cm³/mol. The standard InChI is InChI=1S/C22H30O2Si/c1-7-9-17-10-8-11-18(13-17)21-12-16(2)20(22(23)24-3)14-19(21)15-25(4,5)6/h7-8,10,12-13,15,17H,1,9,11,14H2,2-6H3/b19-15+. The number of allylic oxidation sites excluding steroid dienone is 9.